The topological polar surface area (TPSA) is 52.7 Å². The fraction of sp³-hybridized carbons (Fsp3) is 0.364. The molecule has 84 valence electrons. The Labute approximate surface area is 93.7 Å². The van der Waals surface area contributed by atoms with Crippen LogP contribution in [0.3, 0.4) is 0 Å². The van der Waals surface area contributed by atoms with Gasteiger partial charge in [-0.05, 0) is 6.42 Å². The maximum Gasteiger partial charge on any atom is 0.231 e. The van der Waals surface area contributed by atoms with Crippen LogP contribution in [0.1, 0.15) is 28.8 Å². The molecule has 0 radical (unpaired) electrons. The minimum atomic E-state index is -0.0718. The van der Waals surface area contributed by atoms with Crippen molar-refractivity contribution in [3.05, 3.63) is 35.7 Å². The number of nitrogens with zero attached hydrogens (tertiary/aromatic N) is 4. The Kier molecular flexibility index (Phi) is 2.60. The Morgan fingerprint density at radius 3 is 2.75 bits per heavy atom. The number of hydrogen-bond donors (Lipinski definition) is 0. The summed E-state index contributed by atoms with van der Waals surface area (Å²) in [5.41, 5.74) is 1.45. The number of carbonyl (C=O) groups excluding carboxylic acids is 1. The summed E-state index contributed by atoms with van der Waals surface area (Å²) >= 11 is 0. The third kappa shape index (κ3) is 1.64. The van der Waals surface area contributed by atoms with Crippen molar-refractivity contribution in [2.45, 2.75) is 13.3 Å². The molecule has 0 aliphatic carbocycles. The van der Waals surface area contributed by atoms with Crippen molar-refractivity contribution in [3.63, 3.8) is 0 Å². The van der Waals surface area contributed by atoms with Crippen LogP contribution in [0.15, 0.2) is 18.6 Å². The highest BCUT2D eigenvalue weighted by atomic mass is 16.1. The molecule has 0 atom stereocenters. The molecule has 0 unspecified atom stereocenters. The largest absolute Gasteiger partial charge is 0.331 e. The molecule has 0 fully saturated rings. The number of ketones is 1. The average molecular weight is 218 g/mol. The molecule has 2 aromatic rings. The zero-order valence-corrected chi connectivity index (χ0v) is 9.64. The lowest BCUT2D eigenvalue weighted by molar-refractivity contribution is 0.102. The normalized spacial score (nSPS) is 10.7. The van der Waals surface area contributed by atoms with Gasteiger partial charge < -0.3 is 4.57 Å². The number of aryl methyl sites for hydroxylation is 3. The highest BCUT2D eigenvalue weighted by Crippen LogP contribution is 2.12. The first-order valence-corrected chi connectivity index (χ1v) is 5.18. The number of hydrogen-bond acceptors (Lipinski definition) is 3. The van der Waals surface area contributed by atoms with Crippen LogP contribution in [0.5, 0.6) is 0 Å². The second-order valence-electron chi connectivity index (χ2n) is 3.71. The van der Waals surface area contributed by atoms with Crippen LogP contribution in [0.25, 0.3) is 0 Å². The van der Waals surface area contributed by atoms with Gasteiger partial charge in [0.25, 0.3) is 0 Å². The first-order valence-electron chi connectivity index (χ1n) is 5.18. The molecule has 5 heteroatoms. The molecule has 0 aliphatic rings. The van der Waals surface area contributed by atoms with Gasteiger partial charge in [-0.3, -0.25) is 9.48 Å². The number of rotatable bonds is 3. The smallest absolute Gasteiger partial charge is 0.231 e. The molecule has 0 aromatic carbocycles. The van der Waals surface area contributed by atoms with E-state index >= 15 is 0 Å². The van der Waals surface area contributed by atoms with E-state index in [2.05, 4.69) is 10.1 Å². The van der Waals surface area contributed by atoms with Gasteiger partial charge in [0, 0.05) is 32.7 Å². The van der Waals surface area contributed by atoms with Crippen LogP contribution in [0, 0.1) is 0 Å². The van der Waals surface area contributed by atoms with Crippen molar-refractivity contribution in [2.24, 2.45) is 14.1 Å². The predicted molar refractivity (Wildman–Crippen MR) is 59.2 cm³/mol. The summed E-state index contributed by atoms with van der Waals surface area (Å²) in [6, 6.07) is 0. The number of aromatic nitrogens is 4. The van der Waals surface area contributed by atoms with Gasteiger partial charge in [0.15, 0.2) is 5.82 Å². The van der Waals surface area contributed by atoms with Crippen LogP contribution >= 0.6 is 0 Å². The Balaban J connectivity index is 2.45. The molecule has 0 saturated heterocycles. The molecule has 0 amide bonds. The summed E-state index contributed by atoms with van der Waals surface area (Å²) in [6.07, 6.45) is 5.87. The van der Waals surface area contributed by atoms with E-state index in [0.717, 1.165) is 12.1 Å². The lowest BCUT2D eigenvalue weighted by Gasteiger charge is -1.99. The molecule has 5 nitrogen and oxygen atoms in total. The van der Waals surface area contributed by atoms with Gasteiger partial charge >= 0.3 is 0 Å². The van der Waals surface area contributed by atoms with Gasteiger partial charge in [-0.25, -0.2) is 4.98 Å². The van der Waals surface area contributed by atoms with E-state index in [1.165, 1.54) is 0 Å². The molecule has 2 aromatic heterocycles. The van der Waals surface area contributed by atoms with Gasteiger partial charge in [-0.1, -0.05) is 6.92 Å². The first kappa shape index (κ1) is 10.6. The summed E-state index contributed by atoms with van der Waals surface area (Å²) in [4.78, 5) is 16.2. The van der Waals surface area contributed by atoms with Crippen molar-refractivity contribution in [2.75, 3.05) is 0 Å². The summed E-state index contributed by atoms with van der Waals surface area (Å²) in [7, 11) is 3.62. The van der Waals surface area contributed by atoms with E-state index in [-0.39, 0.29) is 5.78 Å². The van der Waals surface area contributed by atoms with E-state index in [0.29, 0.717) is 11.4 Å². The standard InChI is InChI=1S/C11H14N4O/c1-4-9-8(7-15(3)13-9)10(16)11-12-5-6-14(11)2/h5-7H,4H2,1-3H3. The highest BCUT2D eigenvalue weighted by Gasteiger charge is 2.19. The highest BCUT2D eigenvalue weighted by molar-refractivity contribution is 6.07. The lowest BCUT2D eigenvalue weighted by atomic mass is 10.1. The van der Waals surface area contributed by atoms with E-state index < -0.39 is 0 Å². The van der Waals surface area contributed by atoms with Gasteiger partial charge in [0.05, 0.1) is 11.3 Å². The Morgan fingerprint density at radius 2 is 2.19 bits per heavy atom. The monoisotopic (exact) mass is 218 g/mol. The zero-order chi connectivity index (χ0) is 11.7. The van der Waals surface area contributed by atoms with Crippen LogP contribution in [0.4, 0.5) is 0 Å². The SMILES string of the molecule is CCc1nn(C)cc1C(=O)c1nccn1C. The Morgan fingerprint density at radius 1 is 1.44 bits per heavy atom. The summed E-state index contributed by atoms with van der Waals surface area (Å²) in [5.74, 6) is 0.375. The van der Waals surface area contributed by atoms with E-state index in [9.17, 15) is 4.79 Å². The molecule has 2 heterocycles. The quantitative estimate of drug-likeness (QED) is 0.721. The lowest BCUT2D eigenvalue weighted by Crippen LogP contribution is -2.09. The molecular weight excluding hydrogens is 204 g/mol. The molecular formula is C11H14N4O. The minimum Gasteiger partial charge on any atom is -0.331 e. The van der Waals surface area contributed by atoms with E-state index in [1.807, 2.05) is 21.0 Å². The van der Waals surface area contributed by atoms with Crippen molar-refractivity contribution in [3.8, 4) is 0 Å². The first-order chi connectivity index (χ1) is 7.63. The van der Waals surface area contributed by atoms with Gasteiger partial charge in [-0.15, -0.1) is 0 Å². The van der Waals surface area contributed by atoms with Gasteiger partial charge in [0.1, 0.15) is 0 Å². The predicted octanol–water partition coefficient (Wildman–Crippen LogP) is 0.947. The minimum absolute atomic E-state index is 0.0718. The summed E-state index contributed by atoms with van der Waals surface area (Å²) < 4.78 is 3.38. The third-order valence-corrected chi connectivity index (χ3v) is 2.51. The van der Waals surface area contributed by atoms with E-state index in [4.69, 9.17) is 0 Å². The van der Waals surface area contributed by atoms with Crippen LogP contribution in [-0.2, 0) is 20.5 Å². The maximum absolute atomic E-state index is 12.2. The maximum atomic E-state index is 12.2. The van der Waals surface area contributed by atoms with Crippen LogP contribution < -0.4 is 0 Å². The van der Waals surface area contributed by atoms with Gasteiger partial charge in [-0.2, -0.15) is 5.10 Å². The third-order valence-electron chi connectivity index (χ3n) is 2.51. The molecule has 0 bridgehead atoms. The zero-order valence-electron chi connectivity index (χ0n) is 9.64. The molecule has 0 aliphatic heterocycles. The summed E-state index contributed by atoms with van der Waals surface area (Å²) in [5, 5.41) is 4.25. The fourth-order valence-electron chi connectivity index (χ4n) is 1.69. The Hall–Kier alpha value is -1.91. The number of carbonyl (C=O) groups is 1. The van der Waals surface area contributed by atoms with Gasteiger partial charge in [0.2, 0.25) is 5.78 Å². The van der Waals surface area contributed by atoms with Crippen molar-refractivity contribution in [1.29, 1.82) is 0 Å². The van der Waals surface area contributed by atoms with Crippen LogP contribution in [-0.4, -0.2) is 25.1 Å². The molecule has 0 N–H and O–H groups in total. The van der Waals surface area contributed by atoms with Crippen LogP contribution in [0.2, 0.25) is 0 Å². The fourth-order valence-corrected chi connectivity index (χ4v) is 1.69. The van der Waals surface area contributed by atoms with Crippen molar-refractivity contribution in [1.82, 2.24) is 19.3 Å². The Bertz CT molecular complexity index is 524. The van der Waals surface area contributed by atoms with E-state index in [1.54, 1.807) is 27.8 Å². The second kappa shape index (κ2) is 3.92. The molecule has 2 rings (SSSR count). The average Bonchev–Trinajstić information content (AvgIpc) is 2.83. The number of imidazole rings is 1. The summed E-state index contributed by atoms with van der Waals surface area (Å²) in [6.45, 7) is 1.98. The molecule has 16 heavy (non-hydrogen) atoms. The van der Waals surface area contributed by atoms with Crippen molar-refractivity contribution < 1.29 is 4.79 Å². The molecule has 0 spiro atoms. The second-order valence-corrected chi connectivity index (χ2v) is 3.71. The molecule has 0 saturated carbocycles. The van der Waals surface area contributed by atoms with Crippen molar-refractivity contribution >= 4 is 5.78 Å².